The molecule has 4 N–H and O–H groups in total. The molecular formula is C14H15ClF3N5. The van der Waals surface area contributed by atoms with Crippen LogP contribution in [0.1, 0.15) is 24.1 Å². The highest BCUT2D eigenvalue weighted by Gasteiger charge is 2.40. The molecule has 0 aliphatic heterocycles. The predicted octanol–water partition coefficient (Wildman–Crippen LogP) is 3.01. The van der Waals surface area contributed by atoms with Crippen LogP contribution in [-0.4, -0.2) is 16.0 Å². The van der Waals surface area contributed by atoms with Crippen LogP contribution in [0.2, 0.25) is 0 Å². The van der Waals surface area contributed by atoms with Gasteiger partial charge in [0.2, 0.25) is 0 Å². The van der Waals surface area contributed by atoms with Crippen molar-refractivity contribution in [1.82, 2.24) is 9.78 Å². The molecule has 0 aliphatic rings. The molecule has 0 aliphatic carbocycles. The van der Waals surface area contributed by atoms with Crippen molar-refractivity contribution in [3.63, 3.8) is 0 Å². The molecule has 5 nitrogen and oxygen atoms in total. The Labute approximate surface area is 137 Å². The van der Waals surface area contributed by atoms with E-state index in [2.05, 4.69) is 5.10 Å². The number of nitriles is 1. The van der Waals surface area contributed by atoms with Crippen molar-refractivity contribution in [2.45, 2.75) is 25.7 Å². The molecule has 1 aromatic carbocycles. The largest absolute Gasteiger partial charge is 0.410 e. The number of nitrogen functional groups attached to an aromatic ring is 1. The molecule has 0 saturated heterocycles. The van der Waals surface area contributed by atoms with Gasteiger partial charge in [-0.05, 0) is 12.5 Å². The molecule has 124 valence electrons. The lowest BCUT2D eigenvalue weighted by Crippen LogP contribution is -2.25. The third-order valence-corrected chi connectivity index (χ3v) is 3.36. The fourth-order valence-electron chi connectivity index (χ4n) is 1.99. The van der Waals surface area contributed by atoms with Gasteiger partial charge in [-0.1, -0.05) is 24.3 Å². The number of halogens is 4. The summed E-state index contributed by atoms with van der Waals surface area (Å²) >= 11 is 0. The third-order valence-electron chi connectivity index (χ3n) is 3.36. The zero-order chi connectivity index (χ0) is 16.5. The number of benzene rings is 1. The zero-order valence-corrected chi connectivity index (χ0v) is 12.9. The van der Waals surface area contributed by atoms with Gasteiger partial charge in [-0.15, -0.1) is 12.4 Å². The molecule has 2 rings (SSSR count). The average molecular weight is 346 g/mol. The standard InChI is InChI=1S/C14H14F3N5.ClH/c1-8(14(15,16)17)22-13(20)11(7-19)12(21-22)10-4-2-9(6-18)3-5-10;/h2-5,8H,6,18,20H2,1H3;1H/t8-;/m0./s1. The second kappa shape index (κ2) is 6.89. The van der Waals surface area contributed by atoms with Crippen molar-refractivity contribution in [1.29, 1.82) is 5.26 Å². The molecule has 0 saturated carbocycles. The van der Waals surface area contributed by atoms with Gasteiger partial charge in [0.05, 0.1) is 0 Å². The van der Waals surface area contributed by atoms with Crippen LogP contribution in [0.3, 0.4) is 0 Å². The van der Waals surface area contributed by atoms with Gasteiger partial charge in [0.25, 0.3) is 0 Å². The molecule has 0 amide bonds. The van der Waals surface area contributed by atoms with Crippen molar-refractivity contribution in [3.8, 4) is 17.3 Å². The van der Waals surface area contributed by atoms with Crippen LogP contribution in [0.5, 0.6) is 0 Å². The maximum atomic E-state index is 12.8. The number of aromatic nitrogens is 2. The van der Waals surface area contributed by atoms with E-state index in [4.69, 9.17) is 11.5 Å². The van der Waals surface area contributed by atoms with Gasteiger partial charge in [0.1, 0.15) is 29.2 Å². The van der Waals surface area contributed by atoms with E-state index in [0.29, 0.717) is 16.8 Å². The lowest BCUT2D eigenvalue weighted by atomic mass is 10.1. The molecule has 1 heterocycles. The van der Waals surface area contributed by atoms with E-state index in [-0.39, 0.29) is 29.5 Å². The Morgan fingerprint density at radius 2 is 1.87 bits per heavy atom. The van der Waals surface area contributed by atoms with Crippen LogP contribution >= 0.6 is 12.4 Å². The Hall–Kier alpha value is -2.24. The first-order valence-electron chi connectivity index (χ1n) is 6.43. The molecule has 0 spiro atoms. The van der Waals surface area contributed by atoms with Gasteiger partial charge >= 0.3 is 6.18 Å². The number of nitrogens with zero attached hydrogens (tertiary/aromatic N) is 3. The molecule has 9 heteroatoms. The van der Waals surface area contributed by atoms with Gasteiger partial charge in [0, 0.05) is 12.1 Å². The average Bonchev–Trinajstić information content (AvgIpc) is 2.82. The van der Waals surface area contributed by atoms with Gasteiger partial charge in [0.15, 0.2) is 0 Å². The van der Waals surface area contributed by atoms with E-state index in [9.17, 15) is 18.4 Å². The van der Waals surface area contributed by atoms with Gasteiger partial charge in [-0.25, -0.2) is 4.68 Å². The highest BCUT2D eigenvalue weighted by molar-refractivity contribution is 5.85. The van der Waals surface area contributed by atoms with Crippen LogP contribution in [0.15, 0.2) is 24.3 Å². The fourth-order valence-corrected chi connectivity index (χ4v) is 1.99. The Morgan fingerprint density at radius 1 is 1.30 bits per heavy atom. The van der Waals surface area contributed by atoms with Crippen molar-refractivity contribution < 1.29 is 13.2 Å². The van der Waals surface area contributed by atoms with Crippen molar-refractivity contribution in [2.24, 2.45) is 5.73 Å². The summed E-state index contributed by atoms with van der Waals surface area (Å²) in [6.07, 6.45) is -4.51. The molecule has 23 heavy (non-hydrogen) atoms. The zero-order valence-electron chi connectivity index (χ0n) is 12.1. The first-order chi connectivity index (χ1) is 10.3. The summed E-state index contributed by atoms with van der Waals surface area (Å²) in [5.41, 5.74) is 12.6. The number of hydrogen-bond acceptors (Lipinski definition) is 4. The van der Waals surface area contributed by atoms with Crippen LogP contribution < -0.4 is 11.5 Å². The first-order valence-corrected chi connectivity index (χ1v) is 6.43. The van der Waals surface area contributed by atoms with Crippen LogP contribution in [0.25, 0.3) is 11.3 Å². The number of rotatable bonds is 3. The minimum atomic E-state index is -4.51. The Morgan fingerprint density at radius 3 is 2.30 bits per heavy atom. The van der Waals surface area contributed by atoms with Crippen LogP contribution in [-0.2, 0) is 6.54 Å². The molecule has 0 unspecified atom stereocenters. The van der Waals surface area contributed by atoms with Gasteiger partial charge < -0.3 is 11.5 Å². The highest BCUT2D eigenvalue weighted by atomic mass is 35.5. The highest BCUT2D eigenvalue weighted by Crippen LogP contribution is 2.35. The predicted molar refractivity (Wildman–Crippen MR) is 82.7 cm³/mol. The third kappa shape index (κ3) is 3.57. The summed E-state index contributed by atoms with van der Waals surface area (Å²) in [5, 5.41) is 13.1. The molecule has 1 atom stereocenters. The summed E-state index contributed by atoms with van der Waals surface area (Å²) < 4.78 is 39.2. The fraction of sp³-hybridized carbons (Fsp3) is 0.286. The first kappa shape index (κ1) is 18.8. The summed E-state index contributed by atoms with van der Waals surface area (Å²) in [4.78, 5) is 0. The smallest absolute Gasteiger partial charge is 0.383 e. The molecular weight excluding hydrogens is 331 g/mol. The Balaban J connectivity index is 0.00000264. The number of alkyl halides is 3. The second-order valence-corrected chi connectivity index (χ2v) is 4.78. The van der Waals surface area contributed by atoms with Gasteiger partial charge in [-0.2, -0.15) is 23.5 Å². The lowest BCUT2D eigenvalue weighted by molar-refractivity contribution is -0.164. The Bertz CT molecular complexity index is 716. The summed E-state index contributed by atoms with van der Waals surface area (Å²) in [7, 11) is 0. The summed E-state index contributed by atoms with van der Waals surface area (Å²) in [5.74, 6) is -0.301. The normalized spacial score (nSPS) is 12.3. The quantitative estimate of drug-likeness (QED) is 0.894. The van der Waals surface area contributed by atoms with E-state index in [1.54, 1.807) is 24.3 Å². The number of anilines is 1. The minimum Gasteiger partial charge on any atom is -0.383 e. The maximum absolute atomic E-state index is 12.8. The molecule has 0 radical (unpaired) electrons. The van der Waals surface area contributed by atoms with E-state index in [1.165, 1.54) is 0 Å². The SMILES string of the molecule is C[C@H](n1nc(-c2ccc(CN)cc2)c(C#N)c1N)C(F)(F)F.Cl. The topological polar surface area (TPSA) is 93.6 Å². The van der Waals surface area contributed by atoms with E-state index in [0.717, 1.165) is 12.5 Å². The minimum absolute atomic E-state index is 0. The molecule has 0 fully saturated rings. The van der Waals surface area contributed by atoms with Crippen LogP contribution in [0.4, 0.5) is 19.0 Å². The van der Waals surface area contributed by atoms with E-state index >= 15 is 0 Å². The summed E-state index contributed by atoms with van der Waals surface area (Å²) in [6.45, 7) is 1.28. The second-order valence-electron chi connectivity index (χ2n) is 4.78. The Kier molecular flexibility index (Phi) is 5.64. The summed E-state index contributed by atoms with van der Waals surface area (Å²) in [6, 6.07) is 6.63. The van der Waals surface area contributed by atoms with Crippen molar-refractivity contribution >= 4 is 18.2 Å². The molecule has 0 bridgehead atoms. The number of hydrogen-bond donors (Lipinski definition) is 2. The molecule has 1 aromatic heterocycles. The van der Waals surface area contributed by atoms with Crippen molar-refractivity contribution in [2.75, 3.05) is 5.73 Å². The monoisotopic (exact) mass is 345 g/mol. The van der Waals surface area contributed by atoms with E-state index < -0.39 is 12.2 Å². The van der Waals surface area contributed by atoms with Crippen LogP contribution in [0, 0.1) is 11.3 Å². The maximum Gasteiger partial charge on any atom is 0.410 e. The van der Waals surface area contributed by atoms with Gasteiger partial charge in [-0.3, -0.25) is 0 Å². The van der Waals surface area contributed by atoms with E-state index in [1.807, 2.05) is 6.07 Å². The number of nitrogens with two attached hydrogens (primary N) is 2. The van der Waals surface area contributed by atoms with Crippen molar-refractivity contribution in [3.05, 3.63) is 35.4 Å². The lowest BCUT2D eigenvalue weighted by Gasteiger charge is -2.16. The molecule has 2 aromatic rings.